The van der Waals surface area contributed by atoms with E-state index in [0.29, 0.717) is 11.4 Å². The molecule has 24 heavy (non-hydrogen) atoms. The van der Waals surface area contributed by atoms with E-state index in [1.807, 2.05) is 23.1 Å². The fourth-order valence-corrected chi connectivity index (χ4v) is 2.94. The molecule has 0 aromatic heterocycles. The summed E-state index contributed by atoms with van der Waals surface area (Å²) in [6.45, 7) is 1.63. The van der Waals surface area contributed by atoms with Crippen LogP contribution < -0.4 is 10.2 Å². The molecule has 1 saturated heterocycles. The van der Waals surface area contributed by atoms with Crippen LogP contribution in [0.1, 0.15) is 29.6 Å². The lowest BCUT2D eigenvalue weighted by Gasteiger charge is -2.28. The van der Waals surface area contributed by atoms with Crippen LogP contribution in [0.25, 0.3) is 0 Å². The highest BCUT2D eigenvalue weighted by molar-refractivity contribution is 6.05. The zero-order valence-corrected chi connectivity index (χ0v) is 13.3. The van der Waals surface area contributed by atoms with Gasteiger partial charge in [-0.2, -0.15) is 0 Å². The van der Waals surface area contributed by atoms with Gasteiger partial charge in [-0.15, -0.1) is 0 Å². The smallest absolute Gasteiger partial charge is 0.293 e. The third kappa shape index (κ3) is 3.53. The topological polar surface area (TPSA) is 75.5 Å². The molecule has 124 valence electrons. The van der Waals surface area contributed by atoms with Crippen LogP contribution in [0.15, 0.2) is 48.5 Å². The number of hydrogen-bond donors (Lipinski definition) is 1. The van der Waals surface area contributed by atoms with Crippen LogP contribution in [0.4, 0.5) is 17.1 Å². The van der Waals surface area contributed by atoms with Gasteiger partial charge in [-0.1, -0.05) is 18.2 Å². The number of nitro groups is 1. The number of piperidine rings is 1. The average molecular weight is 325 g/mol. The molecule has 0 atom stereocenters. The van der Waals surface area contributed by atoms with E-state index in [1.54, 1.807) is 24.3 Å². The summed E-state index contributed by atoms with van der Waals surface area (Å²) >= 11 is 0. The average Bonchev–Trinajstić information content (AvgIpc) is 2.62. The van der Waals surface area contributed by atoms with Crippen LogP contribution in [-0.2, 0) is 0 Å². The number of hydrogen-bond acceptors (Lipinski definition) is 4. The lowest BCUT2D eigenvalue weighted by atomic mass is 10.1. The highest BCUT2D eigenvalue weighted by Crippen LogP contribution is 2.31. The number of anilines is 2. The summed E-state index contributed by atoms with van der Waals surface area (Å²) in [4.78, 5) is 25.4. The number of rotatable bonds is 4. The normalized spacial score (nSPS) is 14.2. The second-order valence-electron chi connectivity index (χ2n) is 5.83. The van der Waals surface area contributed by atoms with Gasteiger partial charge in [0.25, 0.3) is 11.6 Å². The van der Waals surface area contributed by atoms with Crippen LogP contribution in [-0.4, -0.2) is 23.9 Å². The minimum absolute atomic E-state index is 0.0161. The van der Waals surface area contributed by atoms with E-state index in [1.165, 1.54) is 6.07 Å². The minimum atomic E-state index is -0.413. The standard InChI is InChI=1S/C18H19N3O3/c22-18(19-15-7-3-1-4-8-15)14-9-10-16(17(13-14)21(23)24)20-11-5-2-6-12-20/h1,3-4,7-10,13H,2,5-6,11-12H2,(H,19,22). The largest absolute Gasteiger partial charge is 0.366 e. The Morgan fingerprint density at radius 3 is 2.42 bits per heavy atom. The van der Waals surface area contributed by atoms with Gasteiger partial charge in [0.15, 0.2) is 0 Å². The van der Waals surface area contributed by atoms with Crippen molar-refractivity contribution in [2.45, 2.75) is 19.3 Å². The molecule has 1 N–H and O–H groups in total. The quantitative estimate of drug-likeness (QED) is 0.684. The number of para-hydroxylation sites is 1. The van der Waals surface area contributed by atoms with E-state index in [4.69, 9.17) is 0 Å². The summed E-state index contributed by atoms with van der Waals surface area (Å²) in [7, 11) is 0. The summed E-state index contributed by atoms with van der Waals surface area (Å²) in [5, 5.41) is 14.2. The Hall–Kier alpha value is -2.89. The van der Waals surface area contributed by atoms with Crippen molar-refractivity contribution in [1.29, 1.82) is 0 Å². The molecule has 0 bridgehead atoms. The molecule has 1 amide bonds. The van der Waals surface area contributed by atoms with Crippen LogP contribution in [0.2, 0.25) is 0 Å². The lowest BCUT2D eigenvalue weighted by Crippen LogP contribution is -2.30. The molecule has 6 heteroatoms. The van der Waals surface area contributed by atoms with Gasteiger partial charge in [-0.3, -0.25) is 14.9 Å². The molecule has 0 aliphatic carbocycles. The van der Waals surface area contributed by atoms with Crippen LogP contribution in [0.5, 0.6) is 0 Å². The summed E-state index contributed by atoms with van der Waals surface area (Å²) in [6.07, 6.45) is 3.22. The van der Waals surface area contributed by atoms with Crippen molar-refractivity contribution >= 4 is 23.0 Å². The van der Waals surface area contributed by atoms with Gasteiger partial charge in [-0.25, -0.2) is 0 Å². The lowest BCUT2D eigenvalue weighted by molar-refractivity contribution is -0.384. The fourth-order valence-electron chi connectivity index (χ4n) is 2.94. The van der Waals surface area contributed by atoms with Crippen LogP contribution in [0.3, 0.4) is 0 Å². The Balaban J connectivity index is 1.85. The van der Waals surface area contributed by atoms with Crippen molar-refractivity contribution in [2.75, 3.05) is 23.3 Å². The van der Waals surface area contributed by atoms with E-state index in [2.05, 4.69) is 5.32 Å². The number of benzene rings is 2. The first-order valence-electron chi connectivity index (χ1n) is 8.05. The molecular formula is C18H19N3O3. The monoisotopic (exact) mass is 325 g/mol. The van der Waals surface area contributed by atoms with Crippen molar-refractivity contribution < 1.29 is 9.72 Å². The van der Waals surface area contributed by atoms with Gasteiger partial charge in [0.2, 0.25) is 0 Å². The predicted molar refractivity (Wildman–Crippen MR) is 93.6 cm³/mol. The summed E-state index contributed by atoms with van der Waals surface area (Å²) in [5.41, 5.74) is 1.52. The Morgan fingerprint density at radius 2 is 1.75 bits per heavy atom. The molecule has 0 unspecified atom stereocenters. The molecule has 2 aromatic carbocycles. The molecule has 3 rings (SSSR count). The van der Waals surface area contributed by atoms with Crippen LogP contribution >= 0.6 is 0 Å². The van der Waals surface area contributed by atoms with Crippen LogP contribution in [0, 0.1) is 10.1 Å². The summed E-state index contributed by atoms with van der Waals surface area (Å²) in [6, 6.07) is 13.7. The molecule has 6 nitrogen and oxygen atoms in total. The number of nitrogens with one attached hydrogen (secondary N) is 1. The first-order valence-corrected chi connectivity index (χ1v) is 8.05. The second-order valence-corrected chi connectivity index (χ2v) is 5.83. The number of nitro benzene ring substituents is 1. The fraction of sp³-hybridized carbons (Fsp3) is 0.278. The van der Waals surface area contributed by atoms with E-state index < -0.39 is 4.92 Å². The van der Waals surface area contributed by atoms with Crippen molar-refractivity contribution in [3.8, 4) is 0 Å². The maximum atomic E-state index is 12.3. The van der Waals surface area contributed by atoms with E-state index in [0.717, 1.165) is 32.4 Å². The zero-order chi connectivity index (χ0) is 16.9. The first kappa shape index (κ1) is 16.0. The molecule has 2 aromatic rings. The predicted octanol–water partition coefficient (Wildman–Crippen LogP) is 3.84. The molecule has 1 heterocycles. The van der Waals surface area contributed by atoms with Gasteiger partial charge in [-0.05, 0) is 43.5 Å². The van der Waals surface area contributed by atoms with E-state index >= 15 is 0 Å². The maximum absolute atomic E-state index is 12.3. The van der Waals surface area contributed by atoms with Gasteiger partial charge < -0.3 is 10.2 Å². The SMILES string of the molecule is O=C(Nc1ccccc1)c1ccc(N2CCCCC2)c([N+](=O)[O-])c1. The highest BCUT2D eigenvalue weighted by Gasteiger charge is 2.23. The first-order chi connectivity index (χ1) is 11.6. The molecule has 1 aliphatic heterocycles. The molecule has 1 fully saturated rings. The number of amides is 1. The molecular weight excluding hydrogens is 306 g/mol. The third-order valence-electron chi connectivity index (χ3n) is 4.16. The van der Waals surface area contributed by atoms with Gasteiger partial charge in [0.1, 0.15) is 5.69 Å². The third-order valence-corrected chi connectivity index (χ3v) is 4.16. The molecule has 0 saturated carbocycles. The van der Waals surface area contributed by atoms with Gasteiger partial charge >= 0.3 is 0 Å². The number of carbonyl (C=O) groups excluding carboxylic acids is 1. The second kappa shape index (κ2) is 7.12. The number of carbonyl (C=O) groups is 1. The number of nitrogens with zero attached hydrogens (tertiary/aromatic N) is 2. The Kier molecular flexibility index (Phi) is 4.74. The van der Waals surface area contributed by atoms with E-state index in [-0.39, 0.29) is 17.2 Å². The van der Waals surface area contributed by atoms with Gasteiger partial charge in [0.05, 0.1) is 4.92 Å². The van der Waals surface area contributed by atoms with Crippen molar-refractivity contribution in [1.82, 2.24) is 0 Å². The van der Waals surface area contributed by atoms with Crippen molar-refractivity contribution in [3.63, 3.8) is 0 Å². The summed E-state index contributed by atoms with van der Waals surface area (Å²) < 4.78 is 0. The Labute approximate surface area is 140 Å². The maximum Gasteiger partial charge on any atom is 0.293 e. The van der Waals surface area contributed by atoms with Crippen molar-refractivity contribution in [3.05, 3.63) is 64.2 Å². The zero-order valence-electron chi connectivity index (χ0n) is 13.3. The molecule has 0 spiro atoms. The van der Waals surface area contributed by atoms with Crippen molar-refractivity contribution in [2.24, 2.45) is 0 Å². The minimum Gasteiger partial charge on any atom is -0.366 e. The molecule has 1 aliphatic rings. The van der Waals surface area contributed by atoms with Gasteiger partial charge in [0, 0.05) is 30.4 Å². The highest BCUT2D eigenvalue weighted by atomic mass is 16.6. The van der Waals surface area contributed by atoms with E-state index in [9.17, 15) is 14.9 Å². The molecule has 0 radical (unpaired) electrons. The summed E-state index contributed by atoms with van der Waals surface area (Å²) in [5.74, 6) is -0.352. The Bertz CT molecular complexity index is 740. The Morgan fingerprint density at radius 1 is 1.04 bits per heavy atom.